The third-order valence-electron chi connectivity index (χ3n) is 3.44. The number of hydrogen-bond donors (Lipinski definition) is 2. The van der Waals surface area contributed by atoms with Gasteiger partial charge in [-0.2, -0.15) is 0 Å². The summed E-state index contributed by atoms with van der Waals surface area (Å²) in [7, 11) is 0. The molecule has 4 nitrogen and oxygen atoms in total. The van der Waals surface area contributed by atoms with Crippen molar-refractivity contribution in [2.45, 2.75) is 39.7 Å². The average Bonchev–Trinajstić information content (AvgIpc) is 2.44. The Morgan fingerprint density at radius 2 is 2.00 bits per heavy atom. The Kier molecular flexibility index (Phi) is 4.56. The van der Waals surface area contributed by atoms with Crippen molar-refractivity contribution in [3.63, 3.8) is 0 Å². The second-order valence-corrected chi connectivity index (χ2v) is 5.09. The number of anilines is 1. The SMILES string of the molecule is CCC(C)Nc1nc(C)c(Cc2ccccc2)c(=O)[nH]1. The number of rotatable bonds is 5. The summed E-state index contributed by atoms with van der Waals surface area (Å²) in [5, 5.41) is 3.20. The van der Waals surface area contributed by atoms with Crippen LogP contribution in [0.2, 0.25) is 0 Å². The third-order valence-corrected chi connectivity index (χ3v) is 3.44. The maximum Gasteiger partial charge on any atom is 0.256 e. The van der Waals surface area contributed by atoms with Crippen LogP contribution in [-0.2, 0) is 6.42 Å². The van der Waals surface area contributed by atoms with Crippen molar-refractivity contribution in [3.05, 3.63) is 57.5 Å². The van der Waals surface area contributed by atoms with Gasteiger partial charge in [-0.25, -0.2) is 4.98 Å². The second kappa shape index (κ2) is 6.37. The summed E-state index contributed by atoms with van der Waals surface area (Å²) < 4.78 is 0. The van der Waals surface area contributed by atoms with E-state index in [1.807, 2.05) is 37.3 Å². The Balaban J connectivity index is 2.25. The number of aromatic nitrogens is 2. The first kappa shape index (κ1) is 14.3. The lowest BCUT2D eigenvalue weighted by molar-refractivity contribution is 0.749. The van der Waals surface area contributed by atoms with Gasteiger partial charge >= 0.3 is 0 Å². The molecule has 1 aromatic carbocycles. The van der Waals surface area contributed by atoms with E-state index < -0.39 is 0 Å². The molecule has 0 aliphatic heterocycles. The molecule has 2 N–H and O–H groups in total. The van der Waals surface area contributed by atoms with E-state index in [0.29, 0.717) is 12.4 Å². The van der Waals surface area contributed by atoms with Gasteiger partial charge in [0.25, 0.3) is 5.56 Å². The number of nitrogens with zero attached hydrogens (tertiary/aromatic N) is 1. The van der Waals surface area contributed by atoms with Crippen molar-refractivity contribution in [2.24, 2.45) is 0 Å². The molecule has 1 atom stereocenters. The molecule has 0 aliphatic carbocycles. The highest BCUT2D eigenvalue weighted by molar-refractivity contribution is 5.33. The summed E-state index contributed by atoms with van der Waals surface area (Å²) in [4.78, 5) is 19.5. The zero-order valence-electron chi connectivity index (χ0n) is 12.2. The van der Waals surface area contributed by atoms with Gasteiger partial charge in [0, 0.05) is 18.0 Å². The molecule has 106 valence electrons. The number of benzene rings is 1. The lowest BCUT2D eigenvalue weighted by Gasteiger charge is -2.13. The van der Waals surface area contributed by atoms with E-state index >= 15 is 0 Å². The molecular formula is C16H21N3O. The lowest BCUT2D eigenvalue weighted by Crippen LogP contribution is -2.23. The van der Waals surface area contributed by atoms with E-state index in [1.165, 1.54) is 0 Å². The van der Waals surface area contributed by atoms with E-state index in [-0.39, 0.29) is 11.6 Å². The molecule has 20 heavy (non-hydrogen) atoms. The Hall–Kier alpha value is -2.10. The minimum atomic E-state index is -0.0628. The van der Waals surface area contributed by atoms with E-state index in [0.717, 1.165) is 23.2 Å². The highest BCUT2D eigenvalue weighted by atomic mass is 16.1. The summed E-state index contributed by atoms with van der Waals surface area (Å²) in [6, 6.07) is 10.3. The van der Waals surface area contributed by atoms with Crippen LogP contribution in [0.4, 0.5) is 5.95 Å². The van der Waals surface area contributed by atoms with E-state index in [4.69, 9.17) is 0 Å². The molecule has 0 saturated carbocycles. The van der Waals surface area contributed by atoms with Crippen LogP contribution in [-0.4, -0.2) is 16.0 Å². The lowest BCUT2D eigenvalue weighted by atomic mass is 10.1. The fourth-order valence-corrected chi connectivity index (χ4v) is 2.02. The Morgan fingerprint density at radius 3 is 2.60 bits per heavy atom. The maximum absolute atomic E-state index is 12.2. The predicted octanol–water partition coefficient (Wildman–Crippen LogP) is 2.88. The molecular weight excluding hydrogens is 250 g/mol. The summed E-state index contributed by atoms with van der Waals surface area (Å²) in [5.74, 6) is 0.554. The van der Waals surface area contributed by atoms with E-state index in [9.17, 15) is 4.79 Å². The van der Waals surface area contributed by atoms with Gasteiger partial charge in [-0.05, 0) is 25.8 Å². The normalized spacial score (nSPS) is 12.2. The van der Waals surface area contributed by atoms with Gasteiger partial charge in [-0.3, -0.25) is 9.78 Å². The molecule has 0 saturated heterocycles. The topological polar surface area (TPSA) is 57.8 Å². The average molecular weight is 271 g/mol. The molecule has 1 unspecified atom stereocenters. The van der Waals surface area contributed by atoms with Crippen LogP contribution in [0, 0.1) is 6.92 Å². The summed E-state index contributed by atoms with van der Waals surface area (Å²) >= 11 is 0. The van der Waals surface area contributed by atoms with E-state index in [2.05, 4.69) is 29.1 Å². The minimum Gasteiger partial charge on any atom is -0.353 e. The highest BCUT2D eigenvalue weighted by Crippen LogP contribution is 2.10. The third kappa shape index (κ3) is 3.47. The second-order valence-electron chi connectivity index (χ2n) is 5.09. The van der Waals surface area contributed by atoms with Crippen LogP contribution < -0.4 is 10.9 Å². The molecule has 0 aliphatic rings. The first-order valence-electron chi connectivity index (χ1n) is 7.00. The molecule has 4 heteroatoms. The van der Waals surface area contributed by atoms with Gasteiger partial charge in [-0.1, -0.05) is 37.3 Å². The van der Waals surface area contributed by atoms with E-state index in [1.54, 1.807) is 0 Å². The number of H-pyrrole nitrogens is 1. The fourth-order valence-electron chi connectivity index (χ4n) is 2.02. The highest BCUT2D eigenvalue weighted by Gasteiger charge is 2.10. The smallest absolute Gasteiger partial charge is 0.256 e. The molecule has 0 amide bonds. The molecule has 2 rings (SSSR count). The number of aryl methyl sites for hydroxylation is 1. The Labute approximate surface area is 119 Å². The maximum atomic E-state index is 12.2. The molecule has 1 heterocycles. The first-order valence-corrected chi connectivity index (χ1v) is 7.00. The monoisotopic (exact) mass is 271 g/mol. The van der Waals surface area contributed by atoms with Crippen molar-refractivity contribution in [3.8, 4) is 0 Å². The molecule has 0 spiro atoms. The van der Waals surface area contributed by atoms with Crippen LogP contribution in [0.1, 0.15) is 37.1 Å². The summed E-state index contributed by atoms with van der Waals surface area (Å²) in [6.45, 7) is 6.04. The molecule has 2 aromatic rings. The van der Waals surface area contributed by atoms with Crippen LogP contribution in [0.5, 0.6) is 0 Å². The number of nitrogens with one attached hydrogen (secondary N) is 2. The van der Waals surface area contributed by atoms with Crippen LogP contribution in [0.25, 0.3) is 0 Å². The number of hydrogen-bond acceptors (Lipinski definition) is 3. The largest absolute Gasteiger partial charge is 0.353 e. The van der Waals surface area contributed by atoms with Crippen molar-refractivity contribution in [1.82, 2.24) is 9.97 Å². The van der Waals surface area contributed by atoms with Gasteiger partial charge in [-0.15, -0.1) is 0 Å². The fraction of sp³-hybridized carbons (Fsp3) is 0.375. The van der Waals surface area contributed by atoms with Crippen molar-refractivity contribution in [1.29, 1.82) is 0 Å². The quantitative estimate of drug-likeness (QED) is 0.879. The van der Waals surface area contributed by atoms with Crippen LogP contribution in [0.3, 0.4) is 0 Å². The van der Waals surface area contributed by atoms with Crippen LogP contribution >= 0.6 is 0 Å². The van der Waals surface area contributed by atoms with Crippen LogP contribution in [0.15, 0.2) is 35.1 Å². The first-order chi connectivity index (χ1) is 9.60. The van der Waals surface area contributed by atoms with Gasteiger partial charge in [0.1, 0.15) is 0 Å². The molecule has 0 fully saturated rings. The van der Waals surface area contributed by atoms with Gasteiger partial charge in [0.05, 0.1) is 5.69 Å². The summed E-state index contributed by atoms with van der Waals surface area (Å²) in [6.07, 6.45) is 1.59. The molecule has 0 bridgehead atoms. The minimum absolute atomic E-state index is 0.0628. The number of aromatic amines is 1. The van der Waals surface area contributed by atoms with Gasteiger partial charge < -0.3 is 5.32 Å². The molecule has 1 aromatic heterocycles. The van der Waals surface area contributed by atoms with Crippen molar-refractivity contribution < 1.29 is 0 Å². The van der Waals surface area contributed by atoms with Crippen molar-refractivity contribution in [2.75, 3.05) is 5.32 Å². The Morgan fingerprint density at radius 1 is 1.30 bits per heavy atom. The summed E-state index contributed by atoms with van der Waals surface area (Å²) in [5.41, 5.74) is 2.56. The zero-order valence-corrected chi connectivity index (χ0v) is 12.2. The van der Waals surface area contributed by atoms with Crippen molar-refractivity contribution >= 4 is 5.95 Å². The van der Waals surface area contributed by atoms with Gasteiger partial charge in [0.15, 0.2) is 0 Å². The standard InChI is InChI=1S/C16H21N3O/c1-4-11(2)17-16-18-12(3)14(15(20)19-16)10-13-8-6-5-7-9-13/h5-9,11H,4,10H2,1-3H3,(H2,17,18,19,20). The zero-order chi connectivity index (χ0) is 14.5. The van der Waals surface area contributed by atoms with Gasteiger partial charge in [0.2, 0.25) is 5.95 Å². The Bertz CT molecular complexity index is 619. The molecule has 0 radical (unpaired) electrons. The predicted molar refractivity (Wildman–Crippen MR) is 82.2 cm³/mol.